The van der Waals surface area contributed by atoms with E-state index in [-0.39, 0.29) is 5.76 Å². The second-order valence-corrected chi connectivity index (χ2v) is 4.79. The minimum Gasteiger partial charge on any atom is -0.475 e. The van der Waals surface area contributed by atoms with E-state index in [2.05, 4.69) is 4.90 Å². The molecule has 0 aliphatic heterocycles. The summed E-state index contributed by atoms with van der Waals surface area (Å²) in [4.78, 5) is 13.0. The van der Waals surface area contributed by atoms with Crippen LogP contribution in [0.25, 0.3) is 0 Å². The fourth-order valence-electron chi connectivity index (χ4n) is 2.13. The van der Waals surface area contributed by atoms with Gasteiger partial charge in [-0.25, -0.2) is 4.79 Å². The first-order valence-corrected chi connectivity index (χ1v) is 6.31. The van der Waals surface area contributed by atoms with Gasteiger partial charge in [-0.1, -0.05) is 0 Å². The molecular formula is C14H15NO4. The number of nitrogens with zero attached hydrogens (tertiary/aromatic N) is 1. The number of hydrogen-bond acceptors (Lipinski definition) is 4. The van der Waals surface area contributed by atoms with Crippen LogP contribution in [0, 0.1) is 0 Å². The van der Waals surface area contributed by atoms with Crippen molar-refractivity contribution in [1.82, 2.24) is 4.90 Å². The molecule has 0 spiro atoms. The van der Waals surface area contributed by atoms with Gasteiger partial charge in [-0.2, -0.15) is 0 Å². The first kappa shape index (κ1) is 12.0. The number of furan rings is 2. The average Bonchev–Trinajstić information content (AvgIpc) is 2.90. The van der Waals surface area contributed by atoms with Crippen molar-refractivity contribution in [2.75, 3.05) is 0 Å². The number of carboxylic acids is 1. The maximum atomic E-state index is 10.8. The van der Waals surface area contributed by atoms with Gasteiger partial charge in [0.15, 0.2) is 0 Å². The summed E-state index contributed by atoms with van der Waals surface area (Å²) < 4.78 is 10.7. The highest BCUT2D eigenvalue weighted by Crippen LogP contribution is 2.30. The molecule has 0 unspecified atom stereocenters. The fraction of sp³-hybridized carbons (Fsp3) is 0.357. The van der Waals surface area contributed by atoms with Crippen LogP contribution < -0.4 is 0 Å². The summed E-state index contributed by atoms with van der Waals surface area (Å²) in [5, 5.41) is 8.84. The minimum atomic E-state index is -1.03. The molecule has 5 nitrogen and oxygen atoms in total. The Bertz CT molecular complexity index is 554. The molecule has 5 heteroatoms. The van der Waals surface area contributed by atoms with Crippen LogP contribution >= 0.6 is 0 Å². The molecule has 1 fully saturated rings. The van der Waals surface area contributed by atoms with Gasteiger partial charge in [0.25, 0.3) is 0 Å². The predicted molar refractivity (Wildman–Crippen MR) is 66.6 cm³/mol. The zero-order valence-electron chi connectivity index (χ0n) is 10.4. The Morgan fingerprint density at radius 1 is 1.26 bits per heavy atom. The zero-order chi connectivity index (χ0) is 13.2. The molecule has 1 N–H and O–H groups in total. The van der Waals surface area contributed by atoms with Crippen molar-refractivity contribution in [2.24, 2.45) is 0 Å². The maximum Gasteiger partial charge on any atom is 0.371 e. The van der Waals surface area contributed by atoms with Crippen molar-refractivity contribution in [2.45, 2.75) is 32.0 Å². The van der Waals surface area contributed by atoms with Crippen LogP contribution in [0.1, 0.15) is 34.9 Å². The highest BCUT2D eigenvalue weighted by Gasteiger charge is 2.30. The van der Waals surface area contributed by atoms with Crippen LogP contribution in [0.5, 0.6) is 0 Å². The summed E-state index contributed by atoms with van der Waals surface area (Å²) in [5.74, 6) is 0.548. The van der Waals surface area contributed by atoms with Crippen molar-refractivity contribution in [3.8, 4) is 0 Å². The van der Waals surface area contributed by atoms with Gasteiger partial charge < -0.3 is 13.9 Å². The van der Waals surface area contributed by atoms with Gasteiger partial charge in [0.1, 0.15) is 11.5 Å². The lowest BCUT2D eigenvalue weighted by atomic mass is 10.3. The first-order chi connectivity index (χ1) is 9.22. The standard InChI is InChI=1S/C14H15NO4/c16-14(17)13-6-5-12(19-13)9-15(10-3-4-10)8-11-2-1-7-18-11/h1-2,5-7,10H,3-4,8-9H2,(H,16,17). The maximum absolute atomic E-state index is 10.8. The lowest BCUT2D eigenvalue weighted by Gasteiger charge is -2.19. The summed E-state index contributed by atoms with van der Waals surface area (Å²) in [6.07, 6.45) is 4.01. The average molecular weight is 261 g/mol. The molecule has 1 aliphatic rings. The van der Waals surface area contributed by atoms with Crippen molar-refractivity contribution < 1.29 is 18.7 Å². The number of carbonyl (C=O) groups is 1. The molecule has 2 aromatic heterocycles. The van der Waals surface area contributed by atoms with Crippen molar-refractivity contribution >= 4 is 5.97 Å². The molecule has 0 radical (unpaired) electrons. The fourth-order valence-corrected chi connectivity index (χ4v) is 2.13. The largest absolute Gasteiger partial charge is 0.475 e. The van der Waals surface area contributed by atoms with Crippen molar-refractivity contribution in [3.05, 3.63) is 47.8 Å². The molecule has 100 valence electrons. The van der Waals surface area contributed by atoms with E-state index in [1.54, 1.807) is 12.3 Å². The molecule has 0 amide bonds. The minimum absolute atomic E-state index is 0.0104. The quantitative estimate of drug-likeness (QED) is 0.866. The molecule has 0 aromatic carbocycles. The van der Waals surface area contributed by atoms with Crippen LogP contribution in [0.3, 0.4) is 0 Å². The van der Waals surface area contributed by atoms with E-state index in [0.717, 1.165) is 12.3 Å². The summed E-state index contributed by atoms with van der Waals surface area (Å²) in [7, 11) is 0. The molecule has 0 saturated heterocycles. The Hall–Kier alpha value is -2.01. The molecule has 1 aliphatic carbocycles. The molecule has 3 rings (SSSR count). The third-order valence-corrected chi connectivity index (χ3v) is 3.23. The summed E-state index contributed by atoms with van der Waals surface area (Å²) in [6, 6.07) is 7.58. The first-order valence-electron chi connectivity index (χ1n) is 6.31. The summed E-state index contributed by atoms with van der Waals surface area (Å²) >= 11 is 0. The van der Waals surface area contributed by atoms with E-state index >= 15 is 0 Å². The lowest BCUT2D eigenvalue weighted by Crippen LogP contribution is -2.24. The molecule has 2 heterocycles. The third kappa shape index (κ3) is 2.88. The molecule has 1 saturated carbocycles. The van der Waals surface area contributed by atoms with Crippen LogP contribution in [0.2, 0.25) is 0 Å². The number of aromatic carboxylic acids is 1. The molecular weight excluding hydrogens is 246 g/mol. The monoisotopic (exact) mass is 261 g/mol. The Balaban J connectivity index is 1.68. The van der Waals surface area contributed by atoms with Crippen LogP contribution in [0.4, 0.5) is 0 Å². The van der Waals surface area contributed by atoms with Gasteiger partial charge in [-0.3, -0.25) is 4.90 Å². The Labute approximate surface area is 110 Å². The summed E-state index contributed by atoms with van der Waals surface area (Å²) in [5.41, 5.74) is 0. The van der Waals surface area contributed by atoms with E-state index in [4.69, 9.17) is 13.9 Å². The van der Waals surface area contributed by atoms with Crippen LogP contribution in [0.15, 0.2) is 39.4 Å². The van der Waals surface area contributed by atoms with E-state index < -0.39 is 5.97 Å². The van der Waals surface area contributed by atoms with E-state index in [1.165, 1.54) is 18.9 Å². The van der Waals surface area contributed by atoms with E-state index in [1.807, 2.05) is 12.1 Å². The van der Waals surface area contributed by atoms with Crippen LogP contribution in [-0.2, 0) is 13.1 Å². The molecule has 0 atom stereocenters. The van der Waals surface area contributed by atoms with E-state index in [0.29, 0.717) is 18.3 Å². The normalized spacial score (nSPS) is 15.0. The zero-order valence-corrected chi connectivity index (χ0v) is 10.4. The van der Waals surface area contributed by atoms with Gasteiger partial charge in [0.05, 0.1) is 19.4 Å². The highest BCUT2D eigenvalue weighted by molar-refractivity contribution is 5.84. The second kappa shape index (κ2) is 4.93. The second-order valence-electron chi connectivity index (χ2n) is 4.79. The van der Waals surface area contributed by atoms with E-state index in [9.17, 15) is 4.79 Å². The topological polar surface area (TPSA) is 66.8 Å². The smallest absolute Gasteiger partial charge is 0.371 e. The van der Waals surface area contributed by atoms with Gasteiger partial charge in [-0.05, 0) is 37.1 Å². The molecule has 2 aromatic rings. The van der Waals surface area contributed by atoms with Gasteiger partial charge in [0, 0.05) is 6.04 Å². The lowest BCUT2D eigenvalue weighted by molar-refractivity contribution is 0.0657. The van der Waals surface area contributed by atoms with Gasteiger partial charge >= 0.3 is 5.97 Å². The molecule has 19 heavy (non-hydrogen) atoms. The number of carboxylic acid groups (broad SMARTS) is 1. The van der Waals surface area contributed by atoms with Gasteiger partial charge in [-0.15, -0.1) is 0 Å². The Kier molecular flexibility index (Phi) is 3.13. The number of rotatable bonds is 6. The van der Waals surface area contributed by atoms with Gasteiger partial charge in [0.2, 0.25) is 5.76 Å². The number of hydrogen-bond donors (Lipinski definition) is 1. The highest BCUT2D eigenvalue weighted by atomic mass is 16.4. The SMILES string of the molecule is O=C(O)c1ccc(CN(Cc2ccco2)C2CC2)o1. The Morgan fingerprint density at radius 2 is 2.05 bits per heavy atom. The third-order valence-electron chi connectivity index (χ3n) is 3.23. The van der Waals surface area contributed by atoms with Crippen LogP contribution in [-0.4, -0.2) is 22.0 Å². The molecule has 0 bridgehead atoms. The summed E-state index contributed by atoms with van der Waals surface area (Å²) in [6.45, 7) is 1.33. The van der Waals surface area contributed by atoms with Crippen molar-refractivity contribution in [1.29, 1.82) is 0 Å². The predicted octanol–water partition coefficient (Wildman–Crippen LogP) is 2.74. The Morgan fingerprint density at radius 3 is 2.63 bits per heavy atom. The van der Waals surface area contributed by atoms with Crippen molar-refractivity contribution in [3.63, 3.8) is 0 Å².